The van der Waals surface area contributed by atoms with Crippen molar-refractivity contribution in [2.75, 3.05) is 6.61 Å². The van der Waals surface area contributed by atoms with Crippen LogP contribution in [0.15, 0.2) is 0 Å². The molecule has 2 nitrogen and oxygen atoms in total. The second-order valence-corrected chi connectivity index (χ2v) is 4.65. The van der Waals surface area contributed by atoms with Gasteiger partial charge in [0.15, 0.2) is 0 Å². The largest absolute Gasteiger partial charge is 0.393 e. The van der Waals surface area contributed by atoms with Crippen molar-refractivity contribution in [2.45, 2.75) is 77.2 Å². The second-order valence-electron chi connectivity index (χ2n) is 4.65. The van der Waals surface area contributed by atoms with Crippen molar-refractivity contribution in [1.29, 1.82) is 0 Å². The van der Waals surface area contributed by atoms with Crippen LogP contribution in [0.25, 0.3) is 0 Å². The van der Waals surface area contributed by atoms with Crippen LogP contribution in [-0.4, -0.2) is 22.4 Å². The van der Waals surface area contributed by atoms with Crippen LogP contribution in [-0.2, 0) is 0 Å². The van der Waals surface area contributed by atoms with E-state index < -0.39 is 5.60 Å². The van der Waals surface area contributed by atoms with Gasteiger partial charge < -0.3 is 10.2 Å². The summed E-state index contributed by atoms with van der Waals surface area (Å²) in [5.41, 5.74) is -0.806. The molecular formula is C13H28O2. The lowest BCUT2D eigenvalue weighted by molar-refractivity contribution is -0.0301. The molecule has 0 saturated carbocycles. The van der Waals surface area contributed by atoms with E-state index in [2.05, 4.69) is 6.92 Å². The Kier molecular flexibility index (Phi) is 9.12. The fourth-order valence-electron chi connectivity index (χ4n) is 1.98. The Morgan fingerprint density at radius 2 is 1.40 bits per heavy atom. The molecular weight excluding hydrogens is 188 g/mol. The molecule has 0 saturated heterocycles. The molecule has 0 aromatic rings. The molecule has 92 valence electrons. The van der Waals surface area contributed by atoms with Crippen LogP contribution in [0.2, 0.25) is 0 Å². The summed E-state index contributed by atoms with van der Waals surface area (Å²) in [7, 11) is 0. The summed E-state index contributed by atoms with van der Waals surface area (Å²) in [4.78, 5) is 0. The van der Waals surface area contributed by atoms with Crippen LogP contribution in [0.1, 0.15) is 71.6 Å². The zero-order valence-corrected chi connectivity index (χ0v) is 10.5. The molecule has 0 aromatic heterocycles. The van der Waals surface area contributed by atoms with Gasteiger partial charge in [0.05, 0.1) is 12.2 Å². The standard InChI is InChI=1S/C13H28O2/c1-3-5-6-7-8-9-11-13(15,12-14)10-4-2/h14-15H,3-12H2,1-2H3. The van der Waals surface area contributed by atoms with Crippen LogP contribution in [0, 0.1) is 0 Å². The normalized spacial score (nSPS) is 15.2. The minimum atomic E-state index is -0.806. The quantitative estimate of drug-likeness (QED) is 0.550. The molecule has 0 aliphatic rings. The van der Waals surface area contributed by atoms with Gasteiger partial charge in [-0.3, -0.25) is 0 Å². The van der Waals surface area contributed by atoms with E-state index in [9.17, 15) is 5.11 Å². The van der Waals surface area contributed by atoms with Crippen molar-refractivity contribution < 1.29 is 10.2 Å². The van der Waals surface area contributed by atoms with Gasteiger partial charge in [0.25, 0.3) is 0 Å². The number of hydrogen-bond donors (Lipinski definition) is 2. The van der Waals surface area contributed by atoms with E-state index in [4.69, 9.17) is 5.11 Å². The smallest absolute Gasteiger partial charge is 0.0877 e. The van der Waals surface area contributed by atoms with Gasteiger partial charge in [-0.25, -0.2) is 0 Å². The van der Waals surface area contributed by atoms with E-state index in [1.807, 2.05) is 6.92 Å². The van der Waals surface area contributed by atoms with Gasteiger partial charge in [0.2, 0.25) is 0 Å². The van der Waals surface area contributed by atoms with Crippen LogP contribution < -0.4 is 0 Å². The van der Waals surface area contributed by atoms with Crippen LogP contribution >= 0.6 is 0 Å². The van der Waals surface area contributed by atoms with Crippen LogP contribution in [0.5, 0.6) is 0 Å². The van der Waals surface area contributed by atoms with Crippen molar-refractivity contribution in [3.63, 3.8) is 0 Å². The molecule has 0 aliphatic carbocycles. The maximum Gasteiger partial charge on any atom is 0.0877 e. The van der Waals surface area contributed by atoms with Crippen molar-refractivity contribution >= 4 is 0 Å². The minimum Gasteiger partial charge on any atom is -0.393 e. The minimum absolute atomic E-state index is 0.0875. The lowest BCUT2D eigenvalue weighted by Crippen LogP contribution is -2.32. The van der Waals surface area contributed by atoms with E-state index in [1.165, 1.54) is 32.1 Å². The van der Waals surface area contributed by atoms with Crippen molar-refractivity contribution in [2.24, 2.45) is 0 Å². The molecule has 15 heavy (non-hydrogen) atoms. The SMILES string of the molecule is CCCCCCCCC(O)(CO)CCC. The molecule has 0 spiro atoms. The molecule has 0 heterocycles. The van der Waals surface area contributed by atoms with Crippen LogP contribution in [0.4, 0.5) is 0 Å². The molecule has 0 fully saturated rings. The monoisotopic (exact) mass is 216 g/mol. The van der Waals surface area contributed by atoms with E-state index in [1.54, 1.807) is 0 Å². The Morgan fingerprint density at radius 1 is 0.800 bits per heavy atom. The Hall–Kier alpha value is -0.0800. The number of aliphatic hydroxyl groups excluding tert-OH is 1. The zero-order chi connectivity index (χ0) is 11.6. The number of aliphatic hydroxyl groups is 2. The molecule has 0 amide bonds. The fraction of sp³-hybridized carbons (Fsp3) is 1.00. The highest BCUT2D eigenvalue weighted by Crippen LogP contribution is 2.20. The van der Waals surface area contributed by atoms with Gasteiger partial charge in [0.1, 0.15) is 0 Å². The highest BCUT2D eigenvalue weighted by atomic mass is 16.3. The molecule has 0 radical (unpaired) electrons. The number of unbranched alkanes of at least 4 members (excludes halogenated alkanes) is 5. The molecule has 1 unspecified atom stereocenters. The maximum absolute atomic E-state index is 9.97. The molecule has 0 aromatic carbocycles. The van der Waals surface area contributed by atoms with E-state index in [0.717, 1.165) is 25.7 Å². The summed E-state index contributed by atoms with van der Waals surface area (Å²) < 4.78 is 0. The summed E-state index contributed by atoms with van der Waals surface area (Å²) in [6.07, 6.45) is 9.81. The first-order chi connectivity index (χ1) is 7.18. The topological polar surface area (TPSA) is 40.5 Å². The third kappa shape index (κ3) is 7.80. The Labute approximate surface area is 94.7 Å². The fourth-order valence-corrected chi connectivity index (χ4v) is 1.98. The first-order valence-corrected chi connectivity index (χ1v) is 6.51. The predicted molar refractivity (Wildman–Crippen MR) is 64.9 cm³/mol. The molecule has 2 N–H and O–H groups in total. The van der Waals surface area contributed by atoms with Crippen molar-refractivity contribution in [1.82, 2.24) is 0 Å². The Bertz CT molecular complexity index is 136. The van der Waals surface area contributed by atoms with Gasteiger partial charge in [-0.05, 0) is 12.8 Å². The summed E-state index contributed by atoms with van der Waals surface area (Å²) in [5.74, 6) is 0. The molecule has 0 rings (SSSR count). The van der Waals surface area contributed by atoms with Crippen molar-refractivity contribution in [3.05, 3.63) is 0 Å². The van der Waals surface area contributed by atoms with E-state index in [-0.39, 0.29) is 6.61 Å². The lowest BCUT2D eigenvalue weighted by atomic mass is 9.92. The second kappa shape index (κ2) is 9.17. The van der Waals surface area contributed by atoms with Gasteiger partial charge in [-0.1, -0.05) is 58.8 Å². The molecule has 0 aliphatic heterocycles. The first kappa shape index (κ1) is 14.9. The third-order valence-electron chi connectivity index (χ3n) is 3.01. The summed E-state index contributed by atoms with van der Waals surface area (Å²) in [6.45, 7) is 4.17. The van der Waals surface area contributed by atoms with Gasteiger partial charge in [-0.15, -0.1) is 0 Å². The average molecular weight is 216 g/mol. The number of hydrogen-bond acceptors (Lipinski definition) is 2. The molecule has 2 heteroatoms. The number of rotatable bonds is 10. The third-order valence-corrected chi connectivity index (χ3v) is 3.01. The van der Waals surface area contributed by atoms with Crippen molar-refractivity contribution in [3.8, 4) is 0 Å². The van der Waals surface area contributed by atoms with E-state index in [0.29, 0.717) is 0 Å². The predicted octanol–water partition coefficient (Wildman–Crippen LogP) is 3.26. The van der Waals surface area contributed by atoms with E-state index >= 15 is 0 Å². The Morgan fingerprint density at radius 3 is 1.93 bits per heavy atom. The van der Waals surface area contributed by atoms with Gasteiger partial charge >= 0.3 is 0 Å². The molecule has 1 atom stereocenters. The Balaban J connectivity index is 3.46. The summed E-state index contributed by atoms with van der Waals surface area (Å²) in [5, 5.41) is 19.1. The summed E-state index contributed by atoms with van der Waals surface area (Å²) in [6, 6.07) is 0. The summed E-state index contributed by atoms with van der Waals surface area (Å²) >= 11 is 0. The maximum atomic E-state index is 9.97. The van der Waals surface area contributed by atoms with Gasteiger partial charge in [-0.2, -0.15) is 0 Å². The average Bonchev–Trinajstić information content (AvgIpc) is 2.24. The highest BCUT2D eigenvalue weighted by Gasteiger charge is 2.23. The lowest BCUT2D eigenvalue weighted by Gasteiger charge is -2.25. The molecule has 0 bridgehead atoms. The van der Waals surface area contributed by atoms with Gasteiger partial charge in [0, 0.05) is 0 Å². The highest BCUT2D eigenvalue weighted by molar-refractivity contribution is 4.76. The zero-order valence-electron chi connectivity index (χ0n) is 10.5. The van der Waals surface area contributed by atoms with Crippen LogP contribution in [0.3, 0.4) is 0 Å². The first-order valence-electron chi connectivity index (χ1n) is 6.51.